The summed E-state index contributed by atoms with van der Waals surface area (Å²) in [6, 6.07) is 12.7. The van der Waals surface area contributed by atoms with Gasteiger partial charge in [0.2, 0.25) is 0 Å². The smallest absolute Gasteiger partial charge is 0.127 e. The summed E-state index contributed by atoms with van der Waals surface area (Å²) >= 11 is 0. The molecule has 20 heavy (non-hydrogen) atoms. The number of benzene rings is 2. The van der Waals surface area contributed by atoms with Gasteiger partial charge in [-0.05, 0) is 24.3 Å². The second kappa shape index (κ2) is 6.82. The van der Waals surface area contributed by atoms with Crippen LogP contribution in [0.2, 0.25) is 0 Å². The number of hydrogen-bond acceptors (Lipinski definition) is 4. The Morgan fingerprint density at radius 3 is 2.50 bits per heavy atom. The van der Waals surface area contributed by atoms with Crippen LogP contribution in [0.4, 0.5) is 0 Å². The van der Waals surface area contributed by atoms with E-state index in [0.29, 0.717) is 30.3 Å². The van der Waals surface area contributed by atoms with Crippen LogP contribution < -0.4 is 9.47 Å². The van der Waals surface area contributed by atoms with Crippen molar-refractivity contribution in [3.05, 3.63) is 42.5 Å². The summed E-state index contributed by atoms with van der Waals surface area (Å²) < 4.78 is 15.9. The minimum absolute atomic E-state index is 0.189. The fraction of sp³-hybridized carbons (Fsp3) is 0.250. The van der Waals surface area contributed by atoms with Gasteiger partial charge < -0.3 is 19.3 Å². The number of phenolic OH excluding ortho intramolecular Hbond substituents is 1. The maximum absolute atomic E-state index is 10.0. The van der Waals surface area contributed by atoms with Crippen LogP contribution in [0.25, 0.3) is 11.1 Å². The molecule has 0 saturated heterocycles. The van der Waals surface area contributed by atoms with Crippen LogP contribution in [-0.2, 0) is 4.74 Å². The number of para-hydroxylation sites is 1. The largest absolute Gasteiger partial charge is 0.507 e. The third-order valence-electron chi connectivity index (χ3n) is 2.93. The molecule has 2 rings (SSSR count). The van der Waals surface area contributed by atoms with Crippen molar-refractivity contribution in [2.75, 3.05) is 27.4 Å². The molecule has 0 saturated carbocycles. The minimum Gasteiger partial charge on any atom is -0.507 e. The lowest BCUT2D eigenvalue weighted by Crippen LogP contribution is -2.05. The van der Waals surface area contributed by atoms with Crippen LogP contribution in [0, 0.1) is 0 Å². The molecule has 0 aliphatic carbocycles. The molecule has 0 aliphatic rings. The molecule has 4 heteroatoms. The molecule has 2 aromatic rings. The molecule has 106 valence electrons. The van der Waals surface area contributed by atoms with Crippen LogP contribution in [-0.4, -0.2) is 32.5 Å². The average molecular weight is 274 g/mol. The second-order valence-corrected chi connectivity index (χ2v) is 4.22. The number of methoxy groups -OCH3 is 2. The van der Waals surface area contributed by atoms with Crippen molar-refractivity contribution in [2.45, 2.75) is 0 Å². The van der Waals surface area contributed by atoms with E-state index < -0.39 is 0 Å². The lowest BCUT2D eigenvalue weighted by atomic mass is 10.0. The maximum Gasteiger partial charge on any atom is 0.127 e. The molecule has 0 aromatic heterocycles. The van der Waals surface area contributed by atoms with E-state index in [9.17, 15) is 5.11 Å². The molecule has 0 atom stereocenters. The number of rotatable bonds is 6. The van der Waals surface area contributed by atoms with Crippen LogP contribution >= 0.6 is 0 Å². The highest BCUT2D eigenvalue weighted by molar-refractivity contribution is 5.76. The molecule has 0 bridgehead atoms. The molecule has 0 heterocycles. The Morgan fingerprint density at radius 2 is 1.75 bits per heavy atom. The predicted octanol–water partition coefficient (Wildman–Crippen LogP) is 3.09. The van der Waals surface area contributed by atoms with E-state index in [-0.39, 0.29) is 5.75 Å². The number of phenols is 1. The first kappa shape index (κ1) is 14.2. The van der Waals surface area contributed by atoms with Gasteiger partial charge in [-0.25, -0.2) is 0 Å². The minimum atomic E-state index is 0.189. The van der Waals surface area contributed by atoms with Gasteiger partial charge in [0, 0.05) is 18.2 Å². The Labute approximate surface area is 118 Å². The summed E-state index contributed by atoms with van der Waals surface area (Å²) in [5.41, 5.74) is 1.50. The zero-order chi connectivity index (χ0) is 14.4. The highest BCUT2D eigenvalue weighted by Crippen LogP contribution is 2.37. The highest BCUT2D eigenvalue weighted by atomic mass is 16.5. The molecule has 0 fully saturated rings. The Balaban J connectivity index is 2.36. The van der Waals surface area contributed by atoms with E-state index in [2.05, 4.69) is 0 Å². The van der Waals surface area contributed by atoms with E-state index in [1.807, 2.05) is 24.3 Å². The first-order chi connectivity index (χ1) is 9.76. The molecule has 0 aliphatic heterocycles. The van der Waals surface area contributed by atoms with Crippen molar-refractivity contribution in [1.82, 2.24) is 0 Å². The summed E-state index contributed by atoms with van der Waals surface area (Å²) in [5, 5.41) is 10.0. The third-order valence-corrected chi connectivity index (χ3v) is 2.93. The molecule has 1 N–H and O–H groups in total. The highest BCUT2D eigenvalue weighted by Gasteiger charge is 2.11. The van der Waals surface area contributed by atoms with Crippen molar-refractivity contribution in [3.8, 4) is 28.4 Å². The van der Waals surface area contributed by atoms with Crippen molar-refractivity contribution in [1.29, 1.82) is 0 Å². The Bertz CT molecular complexity index is 566. The average Bonchev–Trinajstić information content (AvgIpc) is 2.49. The van der Waals surface area contributed by atoms with E-state index in [0.717, 1.165) is 5.56 Å². The van der Waals surface area contributed by atoms with E-state index in [4.69, 9.17) is 14.2 Å². The van der Waals surface area contributed by atoms with Gasteiger partial charge in [0.1, 0.15) is 23.9 Å². The number of hydrogen-bond donors (Lipinski definition) is 1. The van der Waals surface area contributed by atoms with E-state index >= 15 is 0 Å². The van der Waals surface area contributed by atoms with Crippen LogP contribution in [0.1, 0.15) is 0 Å². The number of ether oxygens (including phenoxy) is 3. The lowest BCUT2D eigenvalue weighted by Gasteiger charge is -2.13. The van der Waals surface area contributed by atoms with Gasteiger partial charge in [-0.2, -0.15) is 0 Å². The van der Waals surface area contributed by atoms with Gasteiger partial charge >= 0.3 is 0 Å². The van der Waals surface area contributed by atoms with Gasteiger partial charge in [-0.15, -0.1) is 0 Å². The predicted molar refractivity (Wildman–Crippen MR) is 77.5 cm³/mol. The van der Waals surface area contributed by atoms with Crippen LogP contribution in [0.15, 0.2) is 42.5 Å². The SMILES string of the molecule is COCCOc1ccccc1-c1cc(OC)ccc1O. The Morgan fingerprint density at radius 1 is 0.950 bits per heavy atom. The zero-order valence-electron chi connectivity index (χ0n) is 11.6. The normalized spacial score (nSPS) is 10.3. The molecular formula is C16H18O4. The fourth-order valence-electron chi connectivity index (χ4n) is 1.91. The zero-order valence-corrected chi connectivity index (χ0v) is 11.6. The van der Waals surface area contributed by atoms with E-state index in [1.54, 1.807) is 32.4 Å². The third kappa shape index (κ3) is 3.22. The van der Waals surface area contributed by atoms with Gasteiger partial charge in [0.25, 0.3) is 0 Å². The van der Waals surface area contributed by atoms with Crippen LogP contribution in [0.3, 0.4) is 0 Å². The molecule has 0 spiro atoms. The maximum atomic E-state index is 10.0. The summed E-state index contributed by atoms with van der Waals surface area (Å²) in [5.74, 6) is 1.58. The fourth-order valence-corrected chi connectivity index (χ4v) is 1.91. The lowest BCUT2D eigenvalue weighted by molar-refractivity contribution is 0.146. The molecular weight excluding hydrogens is 256 g/mol. The monoisotopic (exact) mass is 274 g/mol. The van der Waals surface area contributed by atoms with Crippen molar-refractivity contribution >= 4 is 0 Å². The van der Waals surface area contributed by atoms with E-state index in [1.165, 1.54) is 0 Å². The summed E-state index contributed by atoms with van der Waals surface area (Å²) in [4.78, 5) is 0. The first-order valence-corrected chi connectivity index (χ1v) is 6.34. The first-order valence-electron chi connectivity index (χ1n) is 6.34. The molecule has 0 radical (unpaired) electrons. The van der Waals surface area contributed by atoms with Gasteiger partial charge in [0.15, 0.2) is 0 Å². The Hall–Kier alpha value is -2.20. The van der Waals surface area contributed by atoms with Crippen molar-refractivity contribution < 1.29 is 19.3 Å². The van der Waals surface area contributed by atoms with Gasteiger partial charge in [-0.3, -0.25) is 0 Å². The topological polar surface area (TPSA) is 47.9 Å². The van der Waals surface area contributed by atoms with Crippen molar-refractivity contribution in [2.24, 2.45) is 0 Å². The van der Waals surface area contributed by atoms with Gasteiger partial charge in [-0.1, -0.05) is 18.2 Å². The second-order valence-electron chi connectivity index (χ2n) is 4.22. The Kier molecular flexibility index (Phi) is 4.85. The quantitative estimate of drug-likeness (QED) is 0.822. The number of aromatic hydroxyl groups is 1. The molecule has 2 aromatic carbocycles. The molecule has 0 unspecified atom stereocenters. The van der Waals surface area contributed by atoms with Crippen molar-refractivity contribution in [3.63, 3.8) is 0 Å². The standard InChI is InChI=1S/C16H18O4/c1-18-9-10-20-16-6-4-3-5-13(16)14-11-12(19-2)7-8-15(14)17/h3-8,11,17H,9-10H2,1-2H3. The summed E-state index contributed by atoms with van der Waals surface area (Å²) in [7, 11) is 3.22. The summed E-state index contributed by atoms with van der Waals surface area (Å²) in [6.45, 7) is 0.969. The molecule has 0 amide bonds. The van der Waals surface area contributed by atoms with Gasteiger partial charge in [0.05, 0.1) is 13.7 Å². The van der Waals surface area contributed by atoms with Crippen LogP contribution in [0.5, 0.6) is 17.2 Å². The molecule has 4 nitrogen and oxygen atoms in total. The summed E-state index contributed by atoms with van der Waals surface area (Å²) in [6.07, 6.45) is 0.